The number of amides is 1. The molecule has 1 amide bonds. The van der Waals surface area contributed by atoms with Crippen molar-refractivity contribution in [2.75, 3.05) is 4.90 Å². The summed E-state index contributed by atoms with van der Waals surface area (Å²) in [5, 5.41) is 0. The van der Waals surface area contributed by atoms with Gasteiger partial charge < -0.3 is 10.6 Å². The number of para-hydroxylation sites is 1. The van der Waals surface area contributed by atoms with Crippen LogP contribution in [-0.2, 0) is 11.3 Å². The average molecular weight is 317 g/mol. The van der Waals surface area contributed by atoms with Gasteiger partial charge in [-0.3, -0.25) is 4.79 Å². The monoisotopic (exact) mass is 316 g/mol. The molecule has 0 spiro atoms. The van der Waals surface area contributed by atoms with Crippen LogP contribution in [0.5, 0.6) is 0 Å². The van der Waals surface area contributed by atoms with Crippen LogP contribution in [0, 0.1) is 0 Å². The van der Waals surface area contributed by atoms with Gasteiger partial charge in [-0.25, -0.2) is 0 Å². The van der Waals surface area contributed by atoms with E-state index in [1.807, 2.05) is 48.5 Å². The van der Waals surface area contributed by atoms with E-state index in [1.165, 1.54) is 0 Å². The predicted octanol–water partition coefficient (Wildman–Crippen LogP) is 3.00. The minimum absolute atomic E-state index is 0.0445. The molecule has 0 aliphatic carbocycles. The number of halogens is 1. The van der Waals surface area contributed by atoms with Gasteiger partial charge in [0.05, 0.1) is 6.54 Å². The highest BCUT2D eigenvalue weighted by Crippen LogP contribution is 2.35. The molecular weight excluding hydrogens is 304 g/mol. The van der Waals surface area contributed by atoms with Crippen LogP contribution in [0.3, 0.4) is 0 Å². The molecule has 0 fully saturated rings. The van der Waals surface area contributed by atoms with Crippen LogP contribution in [-0.4, -0.2) is 5.91 Å². The topological polar surface area (TPSA) is 46.3 Å². The van der Waals surface area contributed by atoms with Crippen LogP contribution in [0.4, 0.5) is 5.69 Å². The maximum absolute atomic E-state index is 12.3. The number of hydrogen-bond donors (Lipinski definition) is 1. The molecule has 3 nitrogen and oxygen atoms in total. The Morgan fingerprint density at radius 3 is 2.58 bits per heavy atom. The number of benzene rings is 2. The summed E-state index contributed by atoms with van der Waals surface area (Å²) in [7, 11) is 0. The minimum atomic E-state index is -0.543. The summed E-state index contributed by atoms with van der Waals surface area (Å²) in [5.74, 6) is -0.0445. The fourth-order valence-corrected chi connectivity index (χ4v) is 2.79. The lowest BCUT2D eigenvalue weighted by Crippen LogP contribution is -2.31. The number of carbonyl (C=O) groups excluding carboxylic acids is 1. The van der Waals surface area contributed by atoms with Gasteiger partial charge in [0.15, 0.2) is 0 Å². The Balaban J connectivity index is 1.98. The van der Waals surface area contributed by atoms with E-state index in [0.29, 0.717) is 6.54 Å². The summed E-state index contributed by atoms with van der Waals surface area (Å²) in [6, 6.07) is 15.1. The molecule has 2 aromatic carbocycles. The Kier molecular flexibility index (Phi) is 3.12. The summed E-state index contributed by atoms with van der Waals surface area (Å²) >= 11 is 3.51. The van der Waals surface area contributed by atoms with Gasteiger partial charge in [-0.05, 0) is 17.7 Å². The lowest BCUT2D eigenvalue weighted by molar-refractivity contribution is -0.119. The number of carbonyl (C=O) groups is 1. The van der Waals surface area contributed by atoms with Gasteiger partial charge in [0, 0.05) is 15.7 Å². The molecule has 3 rings (SSSR count). The first-order chi connectivity index (χ1) is 9.18. The van der Waals surface area contributed by atoms with Gasteiger partial charge in [-0.1, -0.05) is 52.3 Å². The summed E-state index contributed by atoms with van der Waals surface area (Å²) in [6.07, 6.45) is 0. The first-order valence-electron chi connectivity index (χ1n) is 6.08. The van der Waals surface area contributed by atoms with E-state index in [2.05, 4.69) is 15.9 Å². The maximum atomic E-state index is 12.3. The molecule has 1 aliphatic rings. The van der Waals surface area contributed by atoms with E-state index >= 15 is 0 Å². The van der Waals surface area contributed by atoms with Gasteiger partial charge in [0.2, 0.25) is 5.91 Å². The zero-order valence-corrected chi connectivity index (χ0v) is 11.8. The highest BCUT2D eigenvalue weighted by molar-refractivity contribution is 9.10. The second kappa shape index (κ2) is 4.79. The first-order valence-corrected chi connectivity index (χ1v) is 6.87. The van der Waals surface area contributed by atoms with Crippen molar-refractivity contribution in [1.29, 1.82) is 0 Å². The van der Waals surface area contributed by atoms with Crippen molar-refractivity contribution in [3.05, 3.63) is 64.1 Å². The zero-order chi connectivity index (χ0) is 13.4. The van der Waals surface area contributed by atoms with Gasteiger partial charge in [-0.15, -0.1) is 0 Å². The number of nitrogens with zero attached hydrogens (tertiary/aromatic N) is 1. The summed E-state index contributed by atoms with van der Waals surface area (Å²) in [5.41, 5.74) is 8.85. The van der Waals surface area contributed by atoms with Crippen molar-refractivity contribution in [2.45, 2.75) is 12.6 Å². The summed E-state index contributed by atoms with van der Waals surface area (Å²) in [4.78, 5) is 14.0. The van der Waals surface area contributed by atoms with Crippen molar-refractivity contribution >= 4 is 27.5 Å². The highest BCUT2D eigenvalue weighted by atomic mass is 79.9. The van der Waals surface area contributed by atoms with E-state index in [4.69, 9.17) is 5.73 Å². The van der Waals surface area contributed by atoms with Crippen molar-refractivity contribution in [3.63, 3.8) is 0 Å². The van der Waals surface area contributed by atoms with E-state index in [9.17, 15) is 4.79 Å². The van der Waals surface area contributed by atoms with Crippen molar-refractivity contribution in [2.24, 2.45) is 5.73 Å². The van der Waals surface area contributed by atoms with Crippen LogP contribution in [0.1, 0.15) is 17.2 Å². The van der Waals surface area contributed by atoms with Crippen LogP contribution >= 0.6 is 15.9 Å². The molecule has 19 heavy (non-hydrogen) atoms. The van der Waals surface area contributed by atoms with Crippen molar-refractivity contribution < 1.29 is 4.79 Å². The van der Waals surface area contributed by atoms with Gasteiger partial charge in [-0.2, -0.15) is 0 Å². The zero-order valence-electron chi connectivity index (χ0n) is 10.2. The number of anilines is 1. The van der Waals surface area contributed by atoms with Crippen molar-refractivity contribution in [3.8, 4) is 0 Å². The molecule has 1 unspecified atom stereocenters. The number of rotatable bonds is 2. The quantitative estimate of drug-likeness (QED) is 0.925. The van der Waals surface area contributed by atoms with E-state index in [-0.39, 0.29) is 5.91 Å². The molecule has 4 heteroatoms. The number of nitrogens with two attached hydrogens (primary N) is 1. The summed E-state index contributed by atoms with van der Waals surface area (Å²) < 4.78 is 1.00. The normalized spacial score (nSPS) is 17.7. The average Bonchev–Trinajstić information content (AvgIpc) is 2.67. The highest BCUT2D eigenvalue weighted by Gasteiger charge is 2.34. The molecule has 0 aromatic heterocycles. The van der Waals surface area contributed by atoms with Crippen LogP contribution in [0.25, 0.3) is 0 Å². The van der Waals surface area contributed by atoms with Crippen LogP contribution in [0.15, 0.2) is 53.0 Å². The second-order valence-corrected chi connectivity index (χ2v) is 5.41. The lowest BCUT2D eigenvalue weighted by Gasteiger charge is -2.18. The Labute approximate surface area is 120 Å². The molecule has 1 aliphatic heterocycles. The molecule has 1 heterocycles. The predicted molar refractivity (Wildman–Crippen MR) is 78.7 cm³/mol. The smallest absolute Gasteiger partial charge is 0.248 e. The molecule has 2 N–H and O–H groups in total. The SMILES string of the molecule is NC1C(=O)N(Cc2ccccc2Br)c2ccccc21. The first kappa shape index (κ1) is 12.4. The number of fused-ring (bicyclic) bond motifs is 1. The Morgan fingerprint density at radius 1 is 1.11 bits per heavy atom. The Bertz CT molecular complexity index is 642. The molecule has 0 saturated carbocycles. The molecule has 2 aromatic rings. The third-order valence-electron chi connectivity index (χ3n) is 3.38. The van der Waals surface area contributed by atoms with Crippen molar-refractivity contribution in [1.82, 2.24) is 0 Å². The standard InChI is InChI=1S/C15H13BrN2O/c16-12-7-3-1-5-10(12)9-18-13-8-4-2-6-11(13)14(17)15(18)19/h1-8,14H,9,17H2. The van der Waals surface area contributed by atoms with Gasteiger partial charge >= 0.3 is 0 Å². The lowest BCUT2D eigenvalue weighted by atomic mass is 10.1. The van der Waals surface area contributed by atoms with Crippen LogP contribution in [0.2, 0.25) is 0 Å². The summed E-state index contributed by atoms with van der Waals surface area (Å²) in [6.45, 7) is 0.533. The minimum Gasteiger partial charge on any atom is -0.316 e. The molecule has 0 radical (unpaired) electrons. The Hall–Kier alpha value is -1.65. The van der Waals surface area contributed by atoms with E-state index in [0.717, 1.165) is 21.3 Å². The third kappa shape index (κ3) is 2.07. The number of hydrogen-bond acceptors (Lipinski definition) is 2. The molecule has 0 saturated heterocycles. The molecular formula is C15H13BrN2O. The van der Waals surface area contributed by atoms with E-state index in [1.54, 1.807) is 4.90 Å². The van der Waals surface area contributed by atoms with Gasteiger partial charge in [0.25, 0.3) is 0 Å². The Morgan fingerprint density at radius 2 is 1.79 bits per heavy atom. The largest absolute Gasteiger partial charge is 0.316 e. The van der Waals surface area contributed by atoms with E-state index < -0.39 is 6.04 Å². The molecule has 96 valence electrons. The second-order valence-electron chi connectivity index (χ2n) is 4.55. The molecule has 1 atom stereocenters. The van der Waals surface area contributed by atoms with Gasteiger partial charge in [0.1, 0.15) is 6.04 Å². The maximum Gasteiger partial charge on any atom is 0.248 e. The van der Waals surface area contributed by atoms with Crippen LogP contribution < -0.4 is 10.6 Å². The fraction of sp³-hybridized carbons (Fsp3) is 0.133. The third-order valence-corrected chi connectivity index (χ3v) is 4.15. The fourth-order valence-electron chi connectivity index (χ4n) is 2.38. The molecule has 0 bridgehead atoms.